The average Bonchev–Trinajstić information content (AvgIpc) is 3.21. The number of carbonyl (C=O) groups excluding carboxylic acids is 2. The molecule has 0 radical (unpaired) electrons. The van der Waals surface area contributed by atoms with Gasteiger partial charge in [0.05, 0.1) is 0 Å². The summed E-state index contributed by atoms with van der Waals surface area (Å²) in [6, 6.07) is 0.536. The van der Waals surface area contributed by atoms with E-state index in [0.717, 1.165) is 76.0 Å². The number of rotatable bonds is 44. The quantitative estimate of drug-likeness (QED) is 0.0357. The van der Waals surface area contributed by atoms with Crippen molar-refractivity contribution in [3.8, 4) is 0 Å². The van der Waals surface area contributed by atoms with Crippen LogP contribution in [0.15, 0.2) is 0 Å². The third-order valence-corrected chi connectivity index (χ3v) is 12.3. The van der Waals surface area contributed by atoms with Gasteiger partial charge < -0.3 is 25.0 Å². The molecule has 8 heteroatoms. The SMILES string of the molecule is CCCCCCCCC(CC)OC(=O)CCCCCCCC(CCCCCCCC(=O)OC(CCCCCCC)CCCCCCCC)NCCCNC(=S)N(C)C. The second kappa shape index (κ2) is 43.7. The Morgan fingerprint density at radius 3 is 1.24 bits per heavy atom. The second-order valence-corrected chi connectivity index (χ2v) is 18.1. The molecule has 0 spiro atoms. The van der Waals surface area contributed by atoms with E-state index in [1.165, 1.54) is 161 Å². The monoisotopic (exact) mass is 838 g/mol. The van der Waals surface area contributed by atoms with Gasteiger partial charge in [-0.2, -0.15) is 0 Å². The van der Waals surface area contributed by atoms with Gasteiger partial charge in [0.15, 0.2) is 5.11 Å². The molecular formula is C50H99N3O4S. The number of hydrogen-bond donors (Lipinski definition) is 2. The summed E-state index contributed by atoms with van der Waals surface area (Å²) in [5, 5.41) is 7.99. The first-order valence-corrected chi connectivity index (χ1v) is 25.7. The smallest absolute Gasteiger partial charge is 0.306 e. The van der Waals surface area contributed by atoms with Crippen LogP contribution in [0.25, 0.3) is 0 Å². The van der Waals surface area contributed by atoms with E-state index in [9.17, 15) is 9.59 Å². The van der Waals surface area contributed by atoms with Crippen molar-refractivity contribution in [3.63, 3.8) is 0 Å². The maximum atomic E-state index is 12.8. The number of esters is 2. The summed E-state index contributed by atoms with van der Waals surface area (Å²) in [6.07, 6.45) is 41.8. The van der Waals surface area contributed by atoms with Crippen molar-refractivity contribution in [1.82, 2.24) is 15.5 Å². The number of ether oxygens (including phenoxy) is 2. The van der Waals surface area contributed by atoms with Crippen LogP contribution in [0.1, 0.15) is 259 Å². The summed E-state index contributed by atoms with van der Waals surface area (Å²) in [6.45, 7) is 10.8. The normalized spacial score (nSPS) is 12.9. The fourth-order valence-electron chi connectivity index (χ4n) is 7.86. The third kappa shape index (κ3) is 38.8. The molecule has 0 rings (SSSR count). The highest BCUT2D eigenvalue weighted by atomic mass is 32.1. The lowest BCUT2D eigenvalue weighted by Crippen LogP contribution is -2.37. The lowest BCUT2D eigenvalue weighted by atomic mass is 10.00. The molecule has 0 heterocycles. The van der Waals surface area contributed by atoms with Gasteiger partial charge in [-0.3, -0.25) is 9.59 Å². The van der Waals surface area contributed by atoms with Crippen LogP contribution < -0.4 is 10.6 Å². The summed E-state index contributed by atoms with van der Waals surface area (Å²) < 4.78 is 11.9. The van der Waals surface area contributed by atoms with Crippen molar-refractivity contribution in [2.75, 3.05) is 27.2 Å². The number of carbonyl (C=O) groups is 2. The molecule has 0 fully saturated rings. The van der Waals surface area contributed by atoms with Crippen LogP contribution in [0.4, 0.5) is 0 Å². The van der Waals surface area contributed by atoms with E-state index >= 15 is 0 Å². The molecule has 0 aromatic heterocycles. The summed E-state index contributed by atoms with van der Waals surface area (Å²) >= 11 is 5.38. The Balaban J connectivity index is 4.47. The molecule has 0 aromatic carbocycles. The van der Waals surface area contributed by atoms with Crippen molar-refractivity contribution in [1.29, 1.82) is 0 Å². The first-order valence-electron chi connectivity index (χ1n) is 25.3. The predicted octanol–water partition coefficient (Wildman–Crippen LogP) is 14.3. The van der Waals surface area contributed by atoms with Crippen LogP contribution in [0.2, 0.25) is 0 Å². The van der Waals surface area contributed by atoms with Crippen molar-refractivity contribution < 1.29 is 19.1 Å². The molecule has 0 aliphatic rings. The van der Waals surface area contributed by atoms with Crippen LogP contribution in [-0.4, -0.2) is 67.4 Å². The highest BCUT2D eigenvalue weighted by Crippen LogP contribution is 2.20. The zero-order valence-electron chi connectivity index (χ0n) is 39.6. The Morgan fingerprint density at radius 2 is 0.828 bits per heavy atom. The molecule has 0 saturated heterocycles. The van der Waals surface area contributed by atoms with Gasteiger partial charge in [-0.25, -0.2) is 0 Å². The topological polar surface area (TPSA) is 79.9 Å². The predicted molar refractivity (Wildman–Crippen MR) is 255 cm³/mol. The van der Waals surface area contributed by atoms with Crippen molar-refractivity contribution in [2.24, 2.45) is 0 Å². The second-order valence-electron chi connectivity index (χ2n) is 17.7. The number of nitrogens with zero attached hydrogens (tertiary/aromatic N) is 1. The lowest BCUT2D eigenvalue weighted by Gasteiger charge is -2.20. The molecule has 58 heavy (non-hydrogen) atoms. The maximum Gasteiger partial charge on any atom is 0.306 e. The Kier molecular flexibility index (Phi) is 42.6. The Morgan fingerprint density at radius 1 is 0.466 bits per heavy atom. The molecule has 0 aliphatic heterocycles. The fourth-order valence-corrected chi connectivity index (χ4v) is 7.96. The van der Waals surface area contributed by atoms with Gasteiger partial charge in [0, 0.05) is 39.5 Å². The highest BCUT2D eigenvalue weighted by Gasteiger charge is 2.15. The van der Waals surface area contributed by atoms with E-state index in [1.807, 2.05) is 19.0 Å². The average molecular weight is 838 g/mol. The summed E-state index contributed by atoms with van der Waals surface area (Å²) in [7, 11) is 3.95. The van der Waals surface area contributed by atoms with Gasteiger partial charge in [0.1, 0.15) is 12.2 Å². The van der Waals surface area contributed by atoms with Crippen molar-refractivity contribution >= 4 is 29.3 Å². The summed E-state index contributed by atoms with van der Waals surface area (Å²) in [5.41, 5.74) is 0. The van der Waals surface area contributed by atoms with Gasteiger partial charge in [-0.1, -0.05) is 169 Å². The van der Waals surface area contributed by atoms with Gasteiger partial charge in [0.2, 0.25) is 0 Å². The molecular weight excluding hydrogens is 739 g/mol. The molecule has 3 unspecified atom stereocenters. The van der Waals surface area contributed by atoms with Crippen LogP contribution in [0, 0.1) is 0 Å². The Hall–Kier alpha value is -1.41. The number of nitrogens with one attached hydrogen (secondary N) is 2. The van der Waals surface area contributed by atoms with Crippen LogP contribution in [-0.2, 0) is 19.1 Å². The lowest BCUT2D eigenvalue weighted by molar-refractivity contribution is -0.150. The molecule has 0 aliphatic carbocycles. The van der Waals surface area contributed by atoms with Crippen LogP contribution in [0.5, 0.6) is 0 Å². The maximum absolute atomic E-state index is 12.8. The number of hydrogen-bond acceptors (Lipinski definition) is 6. The first-order chi connectivity index (χ1) is 28.3. The standard InChI is InChI=1S/C50H99N3O4S/c1-7-11-14-17-24-30-38-46(10-4)56-48(54)41-33-26-19-22-28-36-45(51-43-35-44-52-50(58)53(5)6)37-29-23-20-27-34-42-49(55)57-47(39-31-21-16-13-9-3)40-32-25-18-15-12-8-2/h45-47,51H,7-44H2,1-6H3,(H,52,58). The van der Waals surface area contributed by atoms with Crippen LogP contribution in [0.3, 0.4) is 0 Å². The molecule has 0 saturated carbocycles. The van der Waals surface area contributed by atoms with E-state index in [1.54, 1.807) is 0 Å². The van der Waals surface area contributed by atoms with E-state index in [4.69, 9.17) is 21.7 Å². The summed E-state index contributed by atoms with van der Waals surface area (Å²) in [4.78, 5) is 27.3. The number of unbranched alkanes of at least 4 members (excludes halogenated alkanes) is 22. The van der Waals surface area contributed by atoms with Gasteiger partial charge in [0.25, 0.3) is 0 Å². The molecule has 7 nitrogen and oxygen atoms in total. The zero-order valence-corrected chi connectivity index (χ0v) is 40.4. The third-order valence-electron chi connectivity index (χ3n) is 11.8. The minimum Gasteiger partial charge on any atom is -0.462 e. The van der Waals surface area contributed by atoms with Crippen molar-refractivity contribution in [2.45, 2.75) is 277 Å². The molecule has 0 amide bonds. The Labute approximate surface area is 366 Å². The molecule has 0 aromatic rings. The zero-order chi connectivity index (χ0) is 42.7. The van der Waals surface area contributed by atoms with Gasteiger partial charge in [-0.05, 0) is 95.8 Å². The minimum absolute atomic E-state index is 0.00111. The van der Waals surface area contributed by atoms with E-state index in [0.29, 0.717) is 18.9 Å². The molecule has 2 N–H and O–H groups in total. The molecule has 3 atom stereocenters. The highest BCUT2D eigenvalue weighted by molar-refractivity contribution is 7.80. The molecule has 0 bridgehead atoms. The van der Waals surface area contributed by atoms with Crippen molar-refractivity contribution in [3.05, 3.63) is 0 Å². The Bertz CT molecular complexity index is 919. The minimum atomic E-state index is -0.00111. The molecule has 344 valence electrons. The number of thiocarbonyl (C=S) groups is 1. The van der Waals surface area contributed by atoms with Crippen LogP contribution >= 0.6 is 12.2 Å². The largest absolute Gasteiger partial charge is 0.462 e. The van der Waals surface area contributed by atoms with E-state index in [-0.39, 0.29) is 24.1 Å². The van der Waals surface area contributed by atoms with Gasteiger partial charge in [-0.15, -0.1) is 0 Å². The first kappa shape index (κ1) is 56.6. The van der Waals surface area contributed by atoms with E-state index in [2.05, 4.69) is 38.3 Å². The van der Waals surface area contributed by atoms with Gasteiger partial charge >= 0.3 is 11.9 Å². The summed E-state index contributed by atoms with van der Waals surface area (Å²) in [5.74, 6) is 0.0253. The fraction of sp³-hybridized carbons (Fsp3) is 0.940. The van der Waals surface area contributed by atoms with E-state index < -0.39 is 0 Å².